The van der Waals surface area contributed by atoms with Crippen molar-refractivity contribution < 1.29 is 23.9 Å². The van der Waals surface area contributed by atoms with E-state index in [0.717, 1.165) is 18.8 Å². The molecule has 4 rings (SSSR count). The van der Waals surface area contributed by atoms with Crippen molar-refractivity contribution in [3.63, 3.8) is 0 Å². The van der Waals surface area contributed by atoms with Crippen LogP contribution in [0.4, 0.5) is 10.1 Å². The number of nitrogens with zero attached hydrogens (tertiary/aromatic N) is 2. The molecular formula is C24H27ClFN3O4. The number of halogens is 2. The molecule has 7 nitrogen and oxygen atoms in total. The molecule has 176 valence electrons. The molecule has 2 amide bonds. The van der Waals surface area contributed by atoms with Gasteiger partial charge in [0.1, 0.15) is 11.6 Å². The van der Waals surface area contributed by atoms with Crippen molar-refractivity contribution in [3.05, 3.63) is 59.4 Å². The molecule has 1 aliphatic carbocycles. The Morgan fingerprint density at radius 2 is 1.76 bits per heavy atom. The van der Waals surface area contributed by atoms with E-state index in [1.807, 2.05) is 23.1 Å². The summed E-state index contributed by atoms with van der Waals surface area (Å²) in [6.07, 6.45) is 0.926. The van der Waals surface area contributed by atoms with Crippen LogP contribution in [0.5, 0.6) is 5.75 Å². The van der Waals surface area contributed by atoms with Gasteiger partial charge >= 0.3 is 0 Å². The molecule has 33 heavy (non-hydrogen) atoms. The van der Waals surface area contributed by atoms with Gasteiger partial charge in [0.05, 0.1) is 23.0 Å². The minimum atomic E-state index is -0.718. The average Bonchev–Trinajstić information content (AvgIpc) is 2.86. The Labute approximate surface area is 197 Å². The van der Waals surface area contributed by atoms with E-state index in [1.165, 1.54) is 18.2 Å². The molecule has 0 bridgehead atoms. The van der Waals surface area contributed by atoms with Crippen LogP contribution < -0.4 is 15.1 Å². The summed E-state index contributed by atoms with van der Waals surface area (Å²) in [4.78, 5) is 29.8. The summed E-state index contributed by atoms with van der Waals surface area (Å²) in [6, 6.07) is 14.1. The lowest BCUT2D eigenvalue weighted by molar-refractivity contribution is -0.148. The van der Waals surface area contributed by atoms with Gasteiger partial charge in [0.15, 0.2) is 0 Å². The first-order valence-electron chi connectivity index (χ1n) is 11.1. The number of rotatable bonds is 5. The maximum absolute atomic E-state index is 13.4. The van der Waals surface area contributed by atoms with Crippen LogP contribution >= 0.6 is 11.6 Å². The number of hydrogen-bond acceptors (Lipinski definition) is 5. The molecule has 2 aromatic rings. The summed E-state index contributed by atoms with van der Waals surface area (Å²) in [6.45, 7) is 2.59. The monoisotopic (exact) mass is 475 g/mol. The molecule has 0 unspecified atom stereocenters. The summed E-state index contributed by atoms with van der Waals surface area (Å²) in [7, 11) is 0. The van der Waals surface area contributed by atoms with Gasteiger partial charge in [-0.2, -0.15) is 0 Å². The van der Waals surface area contributed by atoms with Gasteiger partial charge in [0.2, 0.25) is 11.8 Å². The molecule has 1 saturated heterocycles. The smallest absolute Gasteiger partial charge is 0.247 e. The summed E-state index contributed by atoms with van der Waals surface area (Å²) in [5.74, 6) is -2.05. The molecule has 0 radical (unpaired) electrons. The van der Waals surface area contributed by atoms with Crippen molar-refractivity contribution in [2.75, 3.05) is 31.1 Å². The lowest BCUT2D eigenvalue weighted by Gasteiger charge is -2.40. The largest absolute Gasteiger partial charge is 0.490 e. The lowest BCUT2D eigenvalue weighted by Crippen LogP contribution is -2.53. The molecule has 3 atom stereocenters. The van der Waals surface area contributed by atoms with Crippen LogP contribution in [0.1, 0.15) is 19.3 Å². The fraction of sp³-hybridized carbons (Fsp3) is 0.417. The van der Waals surface area contributed by atoms with E-state index in [4.69, 9.17) is 16.3 Å². The Kier molecular flexibility index (Phi) is 7.35. The molecule has 2 fully saturated rings. The maximum atomic E-state index is 13.4. The Balaban J connectivity index is 1.39. The van der Waals surface area contributed by atoms with Gasteiger partial charge in [-0.15, -0.1) is 0 Å². The number of amides is 2. The molecule has 9 heteroatoms. The Bertz CT molecular complexity index is 985. The highest BCUT2D eigenvalue weighted by molar-refractivity contribution is 6.30. The quantitative estimate of drug-likeness (QED) is 0.511. The van der Waals surface area contributed by atoms with Crippen molar-refractivity contribution in [2.24, 2.45) is 11.8 Å². The first-order valence-corrected chi connectivity index (χ1v) is 11.5. The zero-order chi connectivity index (χ0) is 23.4. The van der Waals surface area contributed by atoms with E-state index in [9.17, 15) is 19.2 Å². The van der Waals surface area contributed by atoms with E-state index in [-0.39, 0.29) is 23.5 Å². The fourth-order valence-corrected chi connectivity index (χ4v) is 4.88. The van der Waals surface area contributed by atoms with Crippen molar-refractivity contribution in [2.45, 2.75) is 25.4 Å². The number of para-hydroxylation sites is 1. The Morgan fingerprint density at radius 3 is 2.42 bits per heavy atom. The van der Waals surface area contributed by atoms with Crippen LogP contribution in [0.3, 0.4) is 0 Å². The normalized spacial score (nSPS) is 23.2. The predicted molar refractivity (Wildman–Crippen MR) is 122 cm³/mol. The molecule has 2 aliphatic rings. The second-order valence-electron chi connectivity index (χ2n) is 8.47. The van der Waals surface area contributed by atoms with Crippen molar-refractivity contribution in [1.29, 1.82) is 0 Å². The Morgan fingerprint density at radius 1 is 1.03 bits per heavy atom. The number of piperazine rings is 1. The molecule has 2 N–H and O–H groups in total. The number of anilines is 1. The van der Waals surface area contributed by atoms with Crippen molar-refractivity contribution in [1.82, 2.24) is 10.4 Å². The third-order valence-corrected chi connectivity index (χ3v) is 6.76. The SMILES string of the molecule is O=C(NO)[C@H]1C[C@H](Oc2ccc(F)c(Cl)c2)CC[C@@H]1C(=O)N1CCN(c2ccccc2)CC1. The standard InChI is InChI=1S/C24H27ClFN3O4/c25-21-15-18(7-9-22(21)26)33-17-6-8-19(20(14-17)23(30)27-32)24(31)29-12-10-28(11-13-29)16-4-2-1-3-5-16/h1-5,7,9,15,17,19-20,32H,6,8,10-14H2,(H,27,30)/t17-,19+,20+/m1/s1. The second kappa shape index (κ2) is 10.4. The number of nitrogens with one attached hydrogen (secondary N) is 1. The third-order valence-electron chi connectivity index (χ3n) is 6.47. The van der Waals surface area contributed by atoms with E-state index in [2.05, 4.69) is 17.0 Å². The summed E-state index contributed by atoms with van der Waals surface area (Å²) < 4.78 is 19.3. The van der Waals surface area contributed by atoms with Crippen LogP contribution in [0, 0.1) is 17.7 Å². The van der Waals surface area contributed by atoms with Crippen LogP contribution in [0.2, 0.25) is 5.02 Å². The van der Waals surface area contributed by atoms with Gasteiger partial charge in [0, 0.05) is 37.9 Å². The fourth-order valence-electron chi connectivity index (χ4n) is 4.71. The molecule has 1 heterocycles. The topological polar surface area (TPSA) is 82.1 Å². The van der Waals surface area contributed by atoms with Crippen molar-refractivity contribution >= 4 is 29.1 Å². The van der Waals surface area contributed by atoms with Gasteiger partial charge in [-0.3, -0.25) is 14.8 Å². The summed E-state index contributed by atoms with van der Waals surface area (Å²) in [5.41, 5.74) is 2.83. The highest BCUT2D eigenvalue weighted by Crippen LogP contribution is 2.35. The van der Waals surface area contributed by atoms with Crippen LogP contribution in [-0.2, 0) is 9.59 Å². The van der Waals surface area contributed by atoms with Gasteiger partial charge in [-0.1, -0.05) is 29.8 Å². The average molecular weight is 476 g/mol. The number of hydroxylamine groups is 1. The molecule has 1 saturated carbocycles. The summed E-state index contributed by atoms with van der Waals surface area (Å²) in [5, 5.41) is 9.22. The van der Waals surface area contributed by atoms with Gasteiger partial charge in [0.25, 0.3) is 0 Å². The van der Waals surface area contributed by atoms with Crippen LogP contribution in [-0.4, -0.2) is 54.2 Å². The molecule has 2 aromatic carbocycles. The molecule has 0 aromatic heterocycles. The summed E-state index contributed by atoms with van der Waals surface area (Å²) >= 11 is 5.83. The zero-order valence-corrected chi connectivity index (χ0v) is 18.9. The Hall–Kier alpha value is -2.84. The van der Waals surface area contributed by atoms with E-state index >= 15 is 0 Å². The number of benzene rings is 2. The number of carbonyl (C=O) groups is 2. The first-order chi connectivity index (χ1) is 16.0. The second-order valence-corrected chi connectivity index (χ2v) is 8.87. The first kappa shape index (κ1) is 23.3. The van der Waals surface area contributed by atoms with E-state index in [0.29, 0.717) is 31.7 Å². The molecule has 1 aliphatic heterocycles. The molecule has 0 spiro atoms. The van der Waals surface area contributed by atoms with Crippen LogP contribution in [0.15, 0.2) is 48.5 Å². The highest BCUT2D eigenvalue weighted by Gasteiger charge is 2.42. The van der Waals surface area contributed by atoms with Gasteiger partial charge < -0.3 is 14.5 Å². The highest BCUT2D eigenvalue weighted by atomic mass is 35.5. The zero-order valence-electron chi connectivity index (χ0n) is 18.1. The molecular weight excluding hydrogens is 449 g/mol. The number of hydrogen-bond donors (Lipinski definition) is 2. The van der Waals surface area contributed by atoms with E-state index < -0.39 is 23.6 Å². The minimum absolute atomic E-state index is 0.0457. The minimum Gasteiger partial charge on any atom is -0.490 e. The van der Waals surface area contributed by atoms with Crippen LogP contribution in [0.25, 0.3) is 0 Å². The lowest BCUT2D eigenvalue weighted by atomic mass is 9.76. The van der Waals surface area contributed by atoms with Gasteiger partial charge in [-0.05, 0) is 43.5 Å². The van der Waals surface area contributed by atoms with E-state index in [1.54, 1.807) is 5.48 Å². The maximum Gasteiger partial charge on any atom is 0.247 e. The third kappa shape index (κ3) is 5.39. The van der Waals surface area contributed by atoms with Gasteiger partial charge in [-0.25, -0.2) is 9.87 Å². The van der Waals surface area contributed by atoms with Crippen molar-refractivity contribution in [3.8, 4) is 5.75 Å². The number of ether oxygens (including phenoxy) is 1. The predicted octanol–water partition coefficient (Wildman–Crippen LogP) is 3.50. The number of carbonyl (C=O) groups excluding carboxylic acids is 2.